The second kappa shape index (κ2) is 7.06. The number of likely N-dealkylation sites (N-methyl/N-ethyl adjacent to an activating group) is 1. The monoisotopic (exact) mass is 273 g/mol. The molecule has 0 aliphatic carbocycles. The molecule has 0 fully saturated rings. The number of nitrogens with one attached hydrogen (secondary N) is 1. The predicted octanol–water partition coefficient (Wildman–Crippen LogP) is 3.73. The molecule has 0 bridgehead atoms. The summed E-state index contributed by atoms with van der Waals surface area (Å²) in [4.78, 5) is 0. The Morgan fingerprint density at radius 3 is 2.30 bits per heavy atom. The average molecular weight is 273 g/mol. The Hall–Kier alpha value is -1.87. The molecular weight excluding hydrogens is 253 g/mol. The van der Waals surface area contributed by atoms with Crippen LogP contribution in [0, 0.1) is 5.82 Å². The minimum atomic E-state index is -0.250. The summed E-state index contributed by atoms with van der Waals surface area (Å²) in [5, 5.41) is 3.18. The Morgan fingerprint density at radius 2 is 1.70 bits per heavy atom. The van der Waals surface area contributed by atoms with Gasteiger partial charge in [0.25, 0.3) is 0 Å². The Morgan fingerprint density at radius 1 is 1.05 bits per heavy atom. The molecule has 2 aromatic carbocycles. The van der Waals surface area contributed by atoms with Crippen molar-refractivity contribution < 1.29 is 9.13 Å². The first-order chi connectivity index (χ1) is 9.69. The van der Waals surface area contributed by atoms with E-state index in [2.05, 4.69) is 36.5 Å². The highest BCUT2D eigenvalue weighted by atomic mass is 19.1. The first-order valence-corrected chi connectivity index (χ1v) is 6.81. The van der Waals surface area contributed by atoms with Gasteiger partial charge in [-0.1, -0.05) is 31.2 Å². The second-order valence-corrected chi connectivity index (χ2v) is 4.94. The highest BCUT2D eigenvalue weighted by Gasteiger charge is 2.04. The fraction of sp³-hybridized carbons (Fsp3) is 0.294. The van der Waals surface area contributed by atoms with Crippen molar-refractivity contribution in [2.24, 2.45) is 0 Å². The predicted molar refractivity (Wildman–Crippen MR) is 79.5 cm³/mol. The van der Waals surface area contributed by atoms with Crippen LogP contribution in [0.15, 0.2) is 48.5 Å². The molecule has 0 amide bonds. The summed E-state index contributed by atoms with van der Waals surface area (Å²) >= 11 is 0. The van der Waals surface area contributed by atoms with E-state index in [-0.39, 0.29) is 5.82 Å². The molecule has 3 heteroatoms. The SMILES string of the molecule is CNCC(C)c1ccc(COc2ccc(F)cc2)cc1. The largest absolute Gasteiger partial charge is 0.489 e. The first-order valence-electron chi connectivity index (χ1n) is 6.81. The topological polar surface area (TPSA) is 21.3 Å². The fourth-order valence-corrected chi connectivity index (χ4v) is 2.06. The van der Waals surface area contributed by atoms with Crippen LogP contribution in [-0.2, 0) is 6.61 Å². The minimum absolute atomic E-state index is 0.250. The number of rotatable bonds is 6. The molecule has 2 aromatic rings. The molecule has 1 atom stereocenters. The molecule has 2 nitrogen and oxygen atoms in total. The van der Waals surface area contributed by atoms with Gasteiger partial charge >= 0.3 is 0 Å². The molecule has 0 aliphatic rings. The van der Waals surface area contributed by atoms with Crippen molar-refractivity contribution in [3.8, 4) is 5.75 Å². The van der Waals surface area contributed by atoms with Crippen LogP contribution in [0.2, 0.25) is 0 Å². The van der Waals surface area contributed by atoms with Gasteiger partial charge in [0.1, 0.15) is 18.2 Å². The van der Waals surface area contributed by atoms with Crippen LogP contribution in [0.5, 0.6) is 5.75 Å². The third kappa shape index (κ3) is 4.07. The van der Waals surface area contributed by atoms with Gasteiger partial charge < -0.3 is 10.1 Å². The number of benzene rings is 2. The van der Waals surface area contributed by atoms with E-state index in [0.29, 0.717) is 18.3 Å². The van der Waals surface area contributed by atoms with Crippen LogP contribution in [0.4, 0.5) is 4.39 Å². The van der Waals surface area contributed by atoms with Gasteiger partial charge in [-0.05, 0) is 48.4 Å². The van der Waals surface area contributed by atoms with Crippen LogP contribution in [0.3, 0.4) is 0 Å². The van der Waals surface area contributed by atoms with Gasteiger partial charge in [0.2, 0.25) is 0 Å². The zero-order valence-corrected chi connectivity index (χ0v) is 11.9. The molecule has 20 heavy (non-hydrogen) atoms. The van der Waals surface area contributed by atoms with Crippen LogP contribution < -0.4 is 10.1 Å². The average Bonchev–Trinajstić information content (AvgIpc) is 2.47. The molecule has 0 radical (unpaired) electrons. The third-order valence-electron chi connectivity index (χ3n) is 3.28. The molecule has 0 spiro atoms. The highest BCUT2D eigenvalue weighted by molar-refractivity contribution is 5.26. The summed E-state index contributed by atoms with van der Waals surface area (Å²) in [6.45, 7) is 3.65. The number of halogens is 1. The molecule has 0 heterocycles. The van der Waals surface area contributed by atoms with E-state index >= 15 is 0 Å². The molecule has 0 saturated heterocycles. The smallest absolute Gasteiger partial charge is 0.123 e. The maximum Gasteiger partial charge on any atom is 0.123 e. The van der Waals surface area contributed by atoms with Crippen molar-refractivity contribution in [2.75, 3.05) is 13.6 Å². The molecule has 0 aliphatic heterocycles. The van der Waals surface area contributed by atoms with Crippen LogP contribution in [0.25, 0.3) is 0 Å². The van der Waals surface area contributed by atoms with Crippen molar-refractivity contribution in [1.29, 1.82) is 0 Å². The van der Waals surface area contributed by atoms with Crippen molar-refractivity contribution in [2.45, 2.75) is 19.4 Å². The van der Waals surface area contributed by atoms with E-state index in [4.69, 9.17) is 4.74 Å². The Balaban J connectivity index is 1.92. The van der Waals surface area contributed by atoms with E-state index in [1.165, 1.54) is 17.7 Å². The Labute approximate surface area is 119 Å². The maximum absolute atomic E-state index is 12.8. The lowest BCUT2D eigenvalue weighted by atomic mass is 10.00. The molecule has 0 saturated carbocycles. The molecule has 0 aromatic heterocycles. The van der Waals surface area contributed by atoms with Crippen molar-refractivity contribution in [1.82, 2.24) is 5.32 Å². The van der Waals surface area contributed by atoms with E-state index in [1.807, 2.05) is 7.05 Å². The number of hydrogen-bond donors (Lipinski definition) is 1. The van der Waals surface area contributed by atoms with Gasteiger partial charge in [-0.3, -0.25) is 0 Å². The van der Waals surface area contributed by atoms with Crippen molar-refractivity contribution >= 4 is 0 Å². The number of ether oxygens (including phenoxy) is 1. The number of hydrogen-bond acceptors (Lipinski definition) is 2. The van der Waals surface area contributed by atoms with E-state index in [0.717, 1.165) is 12.1 Å². The molecular formula is C17H20FNO. The quantitative estimate of drug-likeness (QED) is 0.866. The molecule has 1 N–H and O–H groups in total. The van der Waals surface area contributed by atoms with Crippen LogP contribution in [-0.4, -0.2) is 13.6 Å². The fourth-order valence-electron chi connectivity index (χ4n) is 2.06. The molecule has 106 valence electrons. The zero-order valence-electron chi connectivity index (χ0n) is 11.9. The zero-order chi connectivity index (χ0) is 14.4. The summed E-state index contributed by atoms with van der Waals surface area (Å²) in [6, 6.07) is 14.5. The first kappa shape index (κ1) is 14.5. The highest BCUT2D eigenvalue weighted by Crippen LogP contribution is 2.17. The van der Waals surface area contributed by atoms with Crippen LogP contribution >= 0.6 is 0 Å². The van der Waals surface area contributed by atoms with E-state index < -0.39 is 0 Å². The second-order valence-electron chi connectivity index (χ2n) is 4.94. The van der Waals surface area contributed by atoms with Gasteiger partial charge in [-0.15, -0.1) is 0 Å². The van der Waals surface area contributed by atoms with Crippen LogP contribution in [0.1, 0.15) is 24.0 Å². The van der Waals surface area contributed by atoms with Crippen molar-refractivity contribution in [3.63, 3.8) is 0 Å². The van der Waals surface area contributed by atoms with E-state index in [1.54, 1.807) is 12.1 Å². The minimum Gasteiger partial charge on any atom is -0.489 e. The van der Waals surface area contributed by atoms with Gasteiger partial charge in [0.05, 0.1) is 0 Å². The van der Waals surface area contributed by atoms with E-state index in [9.17, 15) is 4.39 Å². The normalized spacial score (nSPS) is 12.2. The maximum atomic E-state index is 12.8. The lowest BCUT2D eigenvalue weighted by molar-refractivity contribution is 0.305. The summed E-state index contributed by atoms with van der Waals surface area (Å²) < 4.78 is 18.4. The van der Waals surface area contributed by atoms with Crippen molar-refractivity contribution in [3.05, 3.63) is 65.5 Å². The third-order valence-corrected chi connectivity index (χ3v) is 3.28. The summed E-state index contributed by atoms with van der Waals surface area (Å²) in [5.74, 6) is 0.923. The molecule has 2 rings (SSSR count). The van der Waals surface area contributed by atoms with Gasteiger partial charge in [0.15, 0.2) is 0 Å². The Bertz CT molecular complexity index is 522. The summed E-state index contributed by atoms with van der Waals surface area (Å²) in [5.41, 5.74) is 2.42. The summed E-state index contributed by atoms with van der Waals surface area (Å²) in [7, 11) is 1.96. The summed E-state index contributed by atoms with van der Waals surface area (Å²) in [6.07, 6.45) is 0. The van der Waals surface area contributed by atoms with Gasteiger partial charge in [-0.2, -0.15) is 0 Å². The van der Waals surface area contributed by atoms with Gasteiger partial charge in [0, 0.05) is 6.54 Å². The van der Waals surface area contributed by atoms with Gasteiger partial charge in [-0.25, -0.2) is 4.39 Å². The lowest BCUT2D eigenvalue weighted by Gasteiger charge is -2.12. The Kier molecular flexibility index (Phi) is 5.13. The standard InChI is InChI=1S/C17H20FNO/c1-13(11-19-2)15-5-3-14(4-6-15)12-20-17-9-7-16(18)8-10-17/h3-10,13,19H,11-12H2,1-2H3. The lowest BCUT2D eigenvalue weighted by Crippen LogP contribution is -2.14. The molecule has 1 unspecified atom stereocenters.